The summed E-state index contributed by atoms with van der Waals surface area (Å²) in [7, 11) is 2.97. The first kappa shape index (κ1) is 12.4. The van der Waals surface area contributed by atoms with Gasteiger partial charge in [-0.15, -0.1) is 0 Å². The quantitative estimate of drug-likeness (QED) is 0.845. The van der Waals surface area contributed by atoms with Crippen LogP contribution in [-0.2, 0) is 11.8 Å². The summed E-state index contributed by atoms with van der Waals surface area (Å²) in [5.74, 6) is -0.120. The molecule has 0 bridgehead atoms. The van der Waals surface area contributed by atoms with Gasteiger partial charge in [-0.3, -0.25) is 4.68 Å². The molecule has 0 atom stereocenters. The maximum Gasteiger partial charge on any atom is 0.359 e. The lowest BCUT2D eigenvalue weighted by Crippen LogP contribution is -2.04. The van der Waals surface area contributed by atoms with Crippen molar-refractivity contribution in [3.63, 3.8) is 0 Å². The molecule has 5 nitrogen and oxygen atoms in total. The Hall–Kier alpha value is -2.01. The molecule has 2 aromatic rings. The molecule has 1 aromatic carbocycles. The fourth-order valence-electron chi connectivity index (χ4n) is 1.68. The van der Waals surface area contributed by atoms with Gasteiger partial charge in [0.1, 0.15) is 5.82 Å². The summed E-state index contributed by atoms with van der Waals surface area (Å²) in [6.07, 6.45) is 0. The zero-order chi connectivity index (χ0) is 13.3. The van der Waals surface area contributed by atoms with Crippen LogP contribution in [0.1, 0.15) is 10.5 Å². The standard InChI is InChI=1S/C12H12ClN3O2/c1-16-11(14)9(10(15-16)12(17)18-2)7-3-5-8(13)6-4-7/h3-6H,14H2,1-2H3. The largest absolute Gasteiger partial charge is 0.464 e. The molecular weight excluding hydrogens is 254 g/mol. The number of hydrogen-bond donors (Lipinski definition) is 1. The first-order valence-electron chi connectivity index (χ1n) is 5.21. The number of aryl methyl sites for hydroxylation is 1. The summed E-state index contributed by atoms with van der Waals surface area (Å²) in [6, 6.07) is 7.01. The number of nitrogens with zero attached hydrogens (tertiary/aromatic N) is 2. The third-order valence-electron chi connectivity index (χ3n) is 2.60. The molecule has 1 aromatic heterocycles. The Morgan fingerprint density at radius 1 is 1.39 bits per heavy atom. The summed E-state index contributed by atoms with van der Waals surface area (Å²) >= 11 is 5.83. The lowest BCUT2D eigenvalue weighted by Gasteiger charge is -2.03. The van der Waals surface area contributed by atoms with Crippen molar-refractivity contribution in [1.29, 1.82) is 0 Å². The Morgan fingerprint density at radius 2 is 2.00 bits per heavy atom. The van der Waals surface area contributed by atoms with E-state index in [1.165, 1.54) is 11.8 Å². The van der Waals surface area contributed by atoms with Crippen LogP contribution < -0.4 is 5.73 Å². The van der Waals surface area contributed by atoms with Crippen molar-refractivity contribution >= 4 is 23.4 Å². The highest BCUT2D eigenvalue weighted by Gasteiger charge is 2.22. The van der Waals surface area contributed by atoms with Crippen molar-refractivity contribution in [2.75, 3.05) is 12.8 Å². The second kappa shape index (κ2) is 4.70. The van der Waals surface area contributed by atoms with Crippen molar-refractivity contribution < 1.29 is 9.53 Å². The molecule has 0 amide bonds. The van der Waals surface area contributed by atoms with Gasteiger partial charge in [0.25, 0.3) is 0 Å². The average Bonchev–Trinajstić information content (AvgIpc) is 2.66. The van der Waals surface area contributed by atoms with Crippen LogP contribution in [-0.4, -0.2) is 22.9 Å². The minimum absolute atomic E-state index is 0.194. The molecule has 0 spiro atoms. The summed E-state index contributed by atoms with van der Waals surface area (Å²) in [6.45, 7) is 0. The van der Waals surface area contributed by atoms with Gasteiger partial charge in [0.2, 0.25) is 0 Å². The molecule has 6 heteroatoms. The summed E-state index contributed by atoms with van der Waals surface area (Å²) in [4.78, 5) is 11.7. The molecule has 0 aliphatic rings. The summed E-state index contributed by atoms with van der Waals surface area (Å²) in [5.41, 5.74) is 7.45. The maximum absolute atomic E-state index is 11.7. The van der Waals surface area contributed by atoms with E-state index in [-0.39, 0.29) is 5.69 Å². The summed E-state index contributed by atoms with van der Waals surface area (Å²) < 4.78 is 6.13. The zero-order valence-corrected chi connectivity index (χ0v) is 10.7. The van der Waals surface area contributed by atoms with Crippen LogP contribution in [0.4, 0.5) is 5.82 Å². The molecule has 0 saturated heterocycles. The van der Waals surface area contributed by atoms with Crippen molar-refractivity contribution in [2.45, 2.75) is 0 Å². The Kier molecular flexibility index (Phi) is 3.25. The number of nitrogens with two attached hydrogens (primary N) is 1. The van der Waals surface area contributed by atoms with E-state index < -0.39 is 5.97 Å². The Labute approximate surface area is 109 Å². The van der Waals surface area contributed by atoms with Gasteiger partial charge in [-0.2, -0.15) is 5.10 Å². The van der Waals surface area contributed by atoms with Crippen LogP contribution in [0.2, 0.25) is 5.02 Å². The Balaban J connectivity index is 2.62. The fourth-order valence-corrected chi connectivity index (χ4v) is 1.80. The molecule has 0 radical (unpaired) electrons. The number of nitrogen functional groups attached to an aromatic ring is 1. The van der Waals surface area contributed by atoms with Gasteiger partial charge in [-0.05, 0) is 17.7 Å². The van der Waals surface area contributed by atoms with Crippen molar-refractivity contribution in [2.24, 2.45) is 7.05 Å². The number of ether oxygens (including phenoxy) is 1. The van der Waals surface area contributed by atoms with Gasteiger partial charge in [0, 0.05) is 12.1 Å². The van der Waals surface area contributed by atoms with Crippen molar-refractivity contribution in [1.82, 2.24) is 9.78 Å². The molecule has 18 heavy (non-hydrogen) atoms. The highest BCUT2D eigenvalue weighted by molar-refractivity contribution is 6.30. The monoisotopic (exact) mass is 265 g/mol. The smallest absolute Gasteiger partial charge is 0.359 e. The molecule has 0 aliphatic carbocycles. The van der Waals surface area contributed by atoms with Crippen LogP contribution >= 0.6 is 11.6 Å². The number of hydrogen-bond acceptors (Lipinski definition) is 4. The SMILES string of the molecule is COC(=O)c1nn(C)c(N)c1-c1ccc(Cl)cc1. The molecule has 1 heterocycles. The lowest BCUT2D eigenvalue weighted by atomic mass is 10.1. The molecule has 0 fully saturated rings. The number of anilines is 1. The highest BCUT2D eigenvalue weighted by atomic mass is 35.5. The predicted octanol–water partition coefficient (Wildman–Crippen LogP) is 2.11. The van der Waals surface area contributed by atoms with Crippen LogP contribution in [0.5, 0.6) is 0 Å². The average molecular weight is 266 g/mol. The second-order valence-electron chi connectivity index (χ2n) is 3.73. The number of rotatable bonds is 2. The number of benzene rings is 1. The maximum atomic E-state index is 11.7. The van der Waals surface area contributed by atoms with E-state index >= 15 is 0 Å². The Morgan fingerprint density at radius 3 is 2.56 bits per heavy atom. The minimum Gasteiger partial charge on any atom is -0.464 e. The van der Waals surface area contributed by atoms with E-state index in [2.05, 4.69) is 5.10 Å². The molecule has 0 unspecified atom stereocenters. The second-order valence-corrected chi connectivity index (χ2v) is 4.17. The van der Waals surface area contributed by atoms with Gasteiger partial charge in [0.05, 0.1) is 12.7 Å². The van der Waals surface area contributed by atoms with E-state index in [0.29, 0.717) is 16.4 Å². The number of esters is 1. The number of carbonyl (C=O) groups excluding carboxylic acids is 1. The van der Waals surface area contributed by atoms with Gasteiger partial charge >= 0.3 is 5.97 Å². The number of methoxy groups -OCH3 is 1. The number of halogens is 1. The third-order valence-corrected chi connectivity index (χ3v) is 2.86. The number of carbonyl (C=O) groups is 1. The van der Waals surface area contributed by atoms with Crippen molar-refractivity contribution in [3.8, 4) is 11.1 Å². The Bertz CT molecular complexity index is 590. The molecule has 0 saturated carbocycles. The van der Waals surface area contributed by atoms with Gasteiger partial charge in [-0.25, -0.2) is 4.79 Å². The molecular formula is C12H12ClN3O2. The normalized spacial score (nSPS) is 10.4. The first-order valence-corrected chi connectivity index (χ1v) is 5.59. The van der Waals surface area contributed by atoms with E-state index in [9.17, 15) is 4.79 Å². The molecule has 2 N–H and O–H groups in total. The van der Waals surface area contributed by atoms with Crippen molar-refractivity contribution in [3.05, 3.63) is 35.0 Å². The van der Waals surface area contributed by atoms with Crippen LogP contribution in [0.15, 0.2) is 24.3 Å². The van der Waals surface area contributed by atoms with E-state index in [0.717, 1.165) is 5.56 Å². The van der Waals surface area contributed by atoms with Crippen LogP contribution in [0.25, 0.3) is 11.1 Å². The minimum atomic E-state index is -0.521. The van der Waals surface area contributed by atoms with Gasteiger partial charge in [0.15, 0.2) is 5.69 Å². The first-order chi connectivity index (χ1) is 8.54. The highest BCUT2D eigenvalue weighted by Crippen LogP contribution is 2.30. The lowest BCUT2D eigenvalue weighted by molar-refractivity contribution is 0.0594. The summed E-state index contributed by atoms with van der Waals surface area (Å²) in [5, 5.41) is 4.68. The van der Waals surface area contributed by atoms with E-state index in [1.54, 1.807) is 31.3 Å². The van der Waals surface area contributed by atoms with Crippen LogP contribution in [0, 0.1) is 0 Å². The number of aromatic nitrogens is 2. The third kappa shape index (κ3) is 2.04. The van der Waals surface area contributed by atoms with E-state index in [4.69, 9.17) is 22.1 Å². The molecule has 2 rings (SSSR count). The van der Waals surface area contributed by atoms with Gasteiger partial charge in [-0.1, -0.05) is 23.7 Å². The topological polar surface area (TPSA) is 70.1 Å². The molecule has 94 valence electrons. The van der Waals surface area contributed by atoms with Crippen LogP contribution in [0.3, 0.4) is 0 Å². The fraction of sp³-hybridized carbons (Fsp3) is 0.167. The molecule has 0 aliphatic heterocycles. The predicted molar refractivity (Wildman–Crippen MR) is 69.4 cm³/mol. The van der Waals surface area contributed by atoms with Gasteiger partial charge < -0.3 is 10.5 Å². The zero-order valence-electron chi connectivity index (χ0n) is 9.98. The van der Waals surface area contributed by atoms with E-state index in [1.807, 2.05) is 0 Å².